The molecule has 17 heavy (non-hydrogen) atoms. The Balaban J connectivity index is 2.10. The van der Waals surface area contributed by atoms with E-state index in [0.717, 1.165) is 17.1 Å². The summed E-state index contributed by atoms with van der Waals surface area (Å²) in [5.41, 5.74) is 4.46. The number of hydrogen-bond donors (Lipinski definition) is 0. The summed E-state index contributed by atoms with van der Waals surface area (Å²) >= 11 is 0. The minimum absolute atomic E-state index is 0.0129. The van der Waals surface area contributed by atoms with E-state index in [0.29, 0.717) is 0 Å². The quantitative estimate of drug-likeness (QED) is 0.728. The lowest BCUT2D eigenvalue weighted by atomic mass is 10.1. The fourth-order valence-electron chi connectivity index (χ4n) is 2.69. The van der Waals surface area contributed by atoms with Crippen LogP contribution in [0.3, 0.4) is 0 Å². The predicted octanol–water partition coefficient (Wildman–Crippen LogP) is 3.26. The molecule has 88 valence electrons. The van der Waals surface area contributed by atoms with Crippen LogP contribution in [0.15, 0.2) is 47.8 Å². The molecular formula is C15H18N2. The standard InChI is InChI=1S/C15H18N2/c1-11-7-4-5-8-14(11)17-12(2)15-9-6-10-16(15)13(17)3/h4-9,13H,10H2,1-3H3/i10D2. The molecule has 1 aromatic carbocycles. The normalized spacial score (nSPS) is 27.4. The van der Waals surface area contributed by atoms with Crippen molar-refractivity contribution in [1.29, 1.82) is 0 Å². The van der Waals surface area contributed by atoms with E-state index in [1.807, 2.05) is 30.0 Å². The lowest BCUT2D eigenvalue weighted by Gasteiger charge is -2.31. The summed E-state index contributed by atoms with van der Waals surface area (Å²) in [5.74, 6) is 0. The van der Waals surface area contributed by atoms with E-state index in [1.54, 1.807) is 6.08 Å². The SMILES string of the molecule is [2H]C1([2H])C=CC2=C(C)N(c3ccccc3C)C(C)N21. The third-order valence-electron chi connectivity index (χ3n) is 3.57. The Bertz CT molecular complexity index is 590. The van der Waals surface area contributed by atoms with E-state index < -0.39 is 6.50 Å². The molecule has 0 fully saturated rings. The van der Waals surface area contributed by atoms with Gasteiger partial charge in [-0.2, -0.15) is 0 Å². The van der Waals surface area contributed by atoms with Gasteiger partial charge in [-0.05, 0) is 38.5 Å². The van der Waals surface area contributed by atoms with Gasteiger partial charge in [-0.1, -0.05) is 24.3 Å². The van der Waals surface area contributed by atoms with Crippen LogP contribution in [0, 0.1) is 6.92 Å². The summed E-state index contributed by atoms with van der Waals surface area (Å²) in [5, 5.41) is 0. The smallest absolute Gasteiger partial charge is 0.104 e. The lowest BCUT2D eigenvalue weighted by Crippen LogP contribution is -2.37. The van der Waals surface area contributed by atoms with Gasteiger partial charge in [-0.3, -0.25) is 0 Å². The van der Waals surface area contributed by atoms with Crippen LogP contribution >= 0.6 is 0 Å². The Kier molecular flexibility index (Phi) is 1.81. The molecule has 0 aliphatic carbocycles. The molecule has 0 saturated heterocycles. The van der Waals surface area contributed by atoms with E-state index in [2.05, 4.69) is 30.9 Å². The summed E-state index contributed by atoms with van der Waals surface area (Å²) in [7, 11) is 0. The molecule has 0 radical (unpaired) electrons. The minimum Gasteiger partial charge on any atom is -0.346 e. The molecule has 2 nitrogen and oxygen atoms in total. The van der Waals surface area contributed by atoms with Crippen molar-refractivity contribution in [3.8, 4) is 0 Å². The molecule has 0 amide bonds. The summed E-state index contributed by atoms with van der Waals surface area (Å²) in [6.07, 6.45) is 3.52. The van der Waals surface area contributed by atoms with Crippen LogP contribution in [-0.4, -0.2) is 17.6 Å². The highest BCUT2D eigenvalue weighted by Gasteiger charge is 2.34. The topological polar surface area (TPSA) is 6.48 Å². The molecule has 0 saturated carbocycles. The maximum atomic E-state index is 8.09. The van der Waals surface area contributed by atoms with Crippen molar-refractivity contribution < 1.29 is 2.74 Å². The Morgan fingerprint density at radius 1 is 1.29 bits per heavy atom. The third kappa shape index (κ3) is 1.40. The van der Waals surface area contributed by atoms with Gasteiger partial charge in [-0.25, -0.2) is 0 Å². The number of fused-ring (bicyclic) bond motifs is 1. The van der Waals surface area contributed by atoms with E-state index in [4.69, 9.17) is 2.74 Å². The van der Waals surface area contributed by atoms with Gasteiger partial charge in [0.05, 0.1) is 8.44 Å². The molecule has 0 aromatic heterocycles. The average Bonchev–Trinajstić information content (AvgIpc) is 2.79. The van der Waals surface area contributed by atoms with Crippen molar-refractivity contribution in [2.45, 2.75) is 26.9 Å². The maximum Gasteiger partial charge on any atom is 0.104 e. The van der Waals surface area contributed by atoms with Gasteiger partial charge in [-0.15, -0.1) is 0 Å². The van der Waals surface area contributed by atoms with Gasteiger partial charge in [0, 0.05) is 17.9 Å². The first-order chi connectivity index (χ1) is 8.93. The summed E-state index contributed by atoms with van der Waals surface area (Å²) in [6.45, 7) is 4.80. The van der Waals surface area contributed by atoms with Crippen molar-refractivity contribution in [1.82, 2.24) is 4.90 Å². The Morgan fingerprint density at radius 3 is 2.76 bits per heavy atom. The fraction of sp³-hybridized carbons (Fsp3) is 0.333. The molecule has 1 aromatic rings. The first-order valence-electron chi connectivity index (χ1n) is 6.98. The molecular weight excluding hydrogens is 208 g/mol. The Hall–Kier alpha value is -1.70. The number of para-hydroxylation sites is 1. The number of rotatable bonds is 1. The fourth-order valence-corrected chi connectivity index (χ4v) is 2.69. The molecule has 2 aliphatic heterocycles. The second-order valence-electron chi connectivity index (χ2n) is 4.59. The predicted molar refractivity (Wildman–Crippen MR) is 71.7 cm³/mol. The highest BCUT2D eigenvalue weighted by atomic mass is 15.4. The first kappa shape index (κ1) is 8.40. The largest absolute Gasteiger partial charge is 0.346 e. The van der Waals surface area contributed by atoms with E-state index in [-0.39, 0.29) is 6.17 Å². The van der Waals surface area contributed by atoms with Gasteiger partial charge in [0.1, 0.15) is 6.17 Å². The van der Waals surface area contributed by atoms with Gasteiger partial charge >= 0.3 is 0 Å². The average molecular weight is 228 g/mol. The number of allylic oxidation sites excluding steroid dienone is 2. The molecule has 1 unspecified atom stereocenters. The molecule has 2 heteroatoms. The highest BCUT2D eigenvalue weighted by molar-refractivity contribution is 5.61. The molecule has 1 atom stereocenters. The van der Waals surface area contributed by atoms with Crippen LogP contribution in [0.25, 0.3) is 0 Å². The van der Waals surface area contributed by atoms with Gasteiger partial charge < -0.3 is 9.80 Å². The second kappa shape index (κ2) is 3.66. The minimum atomic E-state index is -1.40. The van der Waals surface area contributed by atoms with Gasteiger partial charge in [0.15, 0.2) is 0 Å². The summed E-state index contributed by atoms with van der Waals surface area (Å²) in [6, 6.07) is 8.24. The van der Waals surface area contributed by atoms with Crippen LogP contribution in [0.4, 0.5) is 5.69 Å². The van der Waals surface area contributed by atoms with Crippen molar-refractivity contribution >= 4 is 5.69 Å². The van der Waals surface area contributed by atoms with Crippen molar-refractivity contribution in [3.63, 3.8) is 0 Å². The van der Waals surface area contributed by atoms with Crippen LogP contribution in [0.1, 0.15) is 22.2 Å². The monoisotopic (exact) mass is 228 g/mol. The zero-order valence-corrected chi connectivity index (χ0v) is 10.4. The van der Waals surface area contributed by atoms with Gasteiger partial charge in [0.25, 0.3) is 0 Å². The summed E-state index contributed by atoms with van der Waals surface area (Å²) < 4.78 is 16.2. The lowest BCUT2D eigenvalue weighted by molar-refractivity contribution is 0.344. The number of nitrogens with zero attached hydrogens (tertiary/aromatic N) is 2. The molecule has 2 aliphatic rings. The molecule has 0 N–H and O–H groups in total. The highest BCUT2D eigenvalue weighted by Crippen LogP contribution is 2.37. The Morgan fingerprint density at radius 2 is 2.06 bits per heavy atom. The van der Waals surface area contributed by atoms with Crippen molar-refractivity contribution in [3.05, 3.63) is 53.4 Å². The van der Waals surface area contributed by atoms with E-state index in [9.17, 15) is 0 Å². The van der Waals surface area contributed by atoms with E-state index >= 15 is 0 Å². The number of benzene rings is 1. The number of anilines is 1. The molecule has 2 heterocycles. The van der Waals surface area contributed by atoms with Crippen LogP contribution in [0.2, 0.25) is 0 Å². The summed E-state index contributed by atoms with van der Waals surface area (Å²) in [4.78, 5) is 4.06. The third-order valence-corrected chi connectivity index (χ3v) is 3.57. The second-order valence-corrected chi connectivity index (χ2v) is 4.59. The Labute approximate surface area is 106 Å². The van der Waals surface area contributed by atoms with Gasteiger partial charge in [0.2, 0.25) is 0 Å². The number of aryl methyl sites for hydroxylation is 1. The molecule has 0 spiro atoms. The zero-order valence-electron chi connectivity index (χ0n) is 12.4. The molecule has 0 bridgehead atoms. The maximum absolute atomic E-state index is 8.09. The van der Waals surface area contributed by atoms with E-state index in [1.165, 1.54) is 5.56 Å². The number of hydrogen-bond acceptors (Lipinski definition) is 2. The zero-order chi connectivity index (χ0) is 13.8. The first-order valence-corrected chi connectivity index (χ1v) is 5.98. The van der Waals surface area contributed by atoms with Crippen LogP contribution in [-0.2, 0) is 0 Å². The van der Waals surface area contributed by atoms with Crippen LogP contribution in [0.5, 0.6) is 0 Å². The van der Waals surface area contributed by atoms with Crippen molar-refractivity contribution in [2.24, 2.45) is 0 Å². The van der Waals surface area contributed by atoms with Crippen molar-refractivity contribution in [2.75, 3.05) is 11.4 Å². The van der Waals surface area contributed by atoms with Crippen LogP contribution < -0.4 is 4.90 Å². The molecule has 3 rings (SSSR count).